The number of aliphatic hydroxyl groups is 1. The van der Waals surface area contributed by atoms with Crippen LogP contribution in [0.3, 0.4) is 0 Å². The van der Waals surface area contributed by atoms with Crippen LogP contribution in [0.2, 0.25) is 0 Å². The third-order valence-electron chi connectivity index (χ3n) is 6.36. The Balaban J connectivity index is 1.52. The summed E-state index contributed by atoms with van der Waals surface area (Å²) in [6.45, 7) is 2.57. The zero-order chi connectivity index (χ0) is 23.4. The summed E-state index contributed by atoms with van der Waals surface area (Å²) in [5.74, 6) is -0.285. The molecule has 2 atom stereocenters. The second kappa shape index (κ2) is 9.73. The molecule has 0 fully saturated rings. The SMILES string of the molecule is C[C@@H](c1ccc(-c2ccc(=O)n(C)c2)cc1)N1C=C[C@](CCCO)(c2ccc(F)cc2)OC1. The maximum atomic E-state index is 13.4. The first-order valence-corrected chi connectivity index (χ1v) is 11.1. The van der Waals surface area contributed by atoms with Crippen LogP contribution in [0.25, 0.3) is 11.1 Å². The molecule has 0 aliphatic carbocycles. The second-order valence-corrected chi connectivity index (χ2v) is 8.49. The number of hydrogen-bond donors (Lipinski definition) is 1. The molecule has 0 radical (unpaired) electrons. The lowest BCUT2D eigenvalue weighted by Gasteiger charge is -2.40. The van der Waals surface area contributed by atoms with Gasteiger partial charge in [-0.05, 0) is 66.3 Å². The van der Waals surface area contributed by atoms with Gasteiger partial charge in [0, 0.05) is 32.1 Å². The fourth-order valence-corrected chi connectivity index (χ4v) is 4.20. The van der Waals surface area contributed by atoms with Crippen molar-refractivity contribution in [2.24, 2.45) is 7.05 Å². The molecule has 2 heterocycles. The van der Waals surface area contributed by atoms with Gasteiger partial charge in [-0.15, -0.1) is 0 Å². The summed E-state index contributed by atoms with van der Waals surface area (Å²) in [6.07, 6.45) is 7.08. The third kappa shape index (κ3) is 4.92. The first-order valence-electron chi connectivity index (χ1n) is 11.1. The molecule has 1 N–H and O–H groups in total. The number of halogens is 1. The molecule has 3 aromatic rings. The van der Waals surface area contributed by atoms with Gasteiger partial charge in [0.15, 0.2) is 0 Å². The maximum absolute atomic E-state index is 13.4. The number of aliphatic hydroxyl groups excluding tert-OH is 1. The molecule has 0 saturated carbocycles. The number of aromatic nitrogens is 1. The molecular weight excluding hydrogens is 419 g/mol. The Hall–Kier alpha value is -3.22. The summed E-state index contributed by atoms with van der Waals surface area (Å²) in [5, 5.41) is 9.36. The highest BCUT2D eigenvalue weighted by atomic mass is 19.1. The Morgan fingerprint density at radius 2 is 1.76 bits per heavy atom. The van der Waals surface area contributed by atoms with Crippen molar-refractivity contribution in [3.05, 3.63) is 106 Å². The Morgan fingerprint density at radius 3 is 2.36 bits per heavy atom. The van der Waals surface area contributed by atoms with E-state index in [1.807, 2.05) is 24.5 Å². The average molecular weight is 449 g/mol. The molecule has 1 aliphatic heterocycles. The molecule has 0 amide bonds. The van der Waals surface area contributed by atoms with Gasteiger partial charge in [0.05, 0.1) is 6.04 Å². The predicted molar refractivity (Wildman–Crippen MR) is 127 cm³/mol. The van der Waals surface area contributed by atoms with Gasteiger partial charge in [-0.3, -0.25) is 4.79 Å². The molecule has 0 bridgehead atoms. The minimum absolute atomic E-state index is 0.0309. The van der Waals surface area contributed by atoms with Crippen molar-refractivity contribution >= 4 is 0 Å². The second-order valence-electron chi connectivity index (χ2n) is 8.49. The van der Waals surface area contributed by atoms with Gasteiger partial charge < -0.3 is 19.3 Å². The molecule has 0 saturated heterocycles. The highest BCUT2D eigenvalue weighted by Gasteiger charge is 2.34. The summed E-state index contributed by atoms with van der Waals surface area (Å²) >= 11 is 0. The molecule has 1 aliphatic rings. The topological polar surface area (TPSA) is 54.7 Å². The first-order chi connectivity index (χ1) is 15.9. The molecule has 5 nitrogen and oxygen atoms in total. The normalized spacial score (nSPS) is 19.0. The zero-order valence-electron chi connectivity index (χ0n) is 18.9. The number of hydrogen-bond acceptors (Lipinski definition) is 4. The van der Waals surface area contributed by atoms with Crippen molar-refractivity contribution in [1.29, 1.82) is 0 Å². The van der Waals surface area contributed by atoms with Crippen LogP contribution in [-0.2, 0) is 17.4 Å². The van der Waals surface area contributed by atoms with Crippen LogP contribution in [0.5, 0.6) is 0 Å². The van der Waals surface area contributed by atoms with Crippen LogP contribution in [0.4, 0.5) is 4.39 Å². The Kier molecular flexibility index (Phi) is 6.77. The number of nitrogens with zero attached hydrogens (tertiary/aromatic N) is 2. The van der Waals surface area contributed by atoms with Crippen LogP contribution >= 0.6 is 0 Å². The molecule has 6 heteroatoms. The van der Waals surface area contributed by atoms with E-state index in [0.29, 0.717) is 19.6 Å². The van der Waals surface area contributed by atoms with E-state index in [-0.39, 0.29) is 24.0 Å². The summed E-state index contributed by atoms with van der Waals surface area (Å²) < 4.78 is 21.4. The largest absolute Gasteiger partial charge is 0.396 e. The number of ether oxygens (including phenoxy) is 1. The predicted octanol–water partition coefficient (Wildman–Crippen LogP) is 4.72. The van der Waals surface area contributed by atoms with Crippen molar-refractivity contribution in [1.82, 2.24) is 9.47 Å². The highest BCUT2D eigenvalue weighted by Crippen LogP contribution is 2.37. The number of pyridine rings is 1. The van der Waals surface area contributed by atoms with Gasteiger partial charge in [-0.1, -0.05) is 36.4 Å². The van der Waals surface area contributed by atoms with Crippen LogP contribution in [0.15, 0.2) is 83.9 Å². The lowest BCUT2D eigenvalue weighted by molar-refractivity contribution is -0.0887. The molecule has 172 valence electrons. The van der Waals surface area contributed by atoms with E-state index in [0.717, 1.165) is 22.3 Å². The quantitative estimate of drug-likeness (QED) is 0.568. The average Bonchev–Trinajstić information content (AvgIpc) is 2.85. The Bertz CT molecular complexity index is 1170. The Morgan fingerprint density at radius 1 is 1.06 bits per heavy atom. The smallest absolute Gasteiger partial charge is 0.250 e. The van der Waals surface area contributed by atoms with E-state index in [2.05, 4.69) is 36.1 Å². The fraction of sp³-hybridized carbons (Fsp3) is 0.296. The van der Waals surface area contributed by atoms with Crippen LogP contribution in [0, 0.1) is 5.82 Å². The Labute approximate surface area is 193 Å². The standard InChI is InChI=1S/C27H29FN2O3/c1-20(21-4-6-22(7-5-21)23-8-13-26(32)29(2)18-23)30-16-15-27(33-19-30,14-3-17-31)24-9-11-25(28)12-10-24/h4-13,15-16,18,20,31H,3,14,17,19H2,1-2H3/t20-,27+/m0/s1. The van der Waals surface area contributed by atoms with E-state index < -0.39 is 5.60 Å². The fourth-order valence-electron chi connectivity index (χ4n) is 4.20. The molecule has 1 aromatic heterocycles. The highest BCUT2D eigenvalue weighted by molar-refractivity contribution is 5.62. The molecular formula is C27H29FN2O3. The lowest BCUT2D eigenvalue weighted by Crippen LogP contribution is -2.38. The van der Waals surface area contributed by atoms with Gasteiger partial charge in [0.25, 0.3) is 0 Å². The van der Waals surface area contributed by atoms with Crippen molar-refractivity contribution in [3.8, 4) is 11.1 Å². The summed E-state index contributed by atoms with van der Waals surface area (Å²) in [7, 11) is 1.75. The monoisotopic (exact) mass is 448 g/mol. The molecule has 33 heavy (non-hydrogen) atoms. The summed E-state index contributed by atoms with van der Waals surface area (Å²) in [6, 6.07) is 18.2. The third-order valence-corrected chi connectivity index (χ3v) is 6.36. The van der Waals surface area contributed by atoms with Crippen molar-refractivity contribution in [3.63, 3.8) is 0 Å². The van der Waals surface area contributed by atoms with Gasteiger partial charge >= 0.3 is 0 Å². The minimum atomic E-state index is -0.681. The van der Waals surface area contributed by atoms with Crippen LogP contribution < -0.4 is 5.56 Å². The molecule has 2 aromatic carbocycles. The van der Waals surface area contributed by atoms with E-state index >= 15 is 0 Å². The summed E-state index contributed by atoms with van der Waals surface area (Å²) in [5.41, 5.74) is 3.34. The van der Waals surface area contributed by atoms with E-state index in [1.165, 1.54) is 12.1 Å². The van der Waals surface area contributed by atoms with E-state index in [9.17, 15) is 14.3 Å². The van der Waals surface area contributed by atoms with Crippen LogP contribution in [0.1, 0.15) is 36.9 Å². The van der Waals surface area contributed by atoms with Crippen LogP contribution in [-0.4, -0.2) is 27.9 Å². The van der Waals surface area contributed by atoms with Crippen molar-refractivity contribution < 1.29 is 14.2 Å². The first kappa shape index (κ1) is 23.0. The number of benzene rings is 2. The lowest BCUT2D eigenvalue weighted by atomic mass is 9.88. The summed E-state index contributed by atoms with van der Waals surface area (Å²) in [4.78, 5) is 13.8. The zero-order valence-corrected chi connectivity index (χ0v) is 18.9. The van der Waals surface area contributed by atoms with Gasteiger partial charge in [0.2, 0.25) is 5.56 Å². The number of aryl methyl sites for hydroxylation is 1. The van der Waals surface area contributed by atoms with Gasteiger partial charge in [0.1, 0.15) is 18.1 Å². The van der Waals surface area contributed by atoms with Gasteiger partial charge in [-0.25, -0.2) is 4.39 Å². The molecule has 0 unspecified atom stereocenters. The van der Waals surface area contributed by atoms with E-state index in [4.69, 9.17) is 4.74 Å². The van der Waals surface area contributed by atoms with Gasteiger partial charge in [-0.2, -0.15) is 0 Å². The van der Waals surface area contributed by atoms with Crippen molar-refractivity contribution in [2.75, 3.05) is 13.3 Å². The van der Waals surface area contributed by atoms with E-state index in [1.54, 1.807) is 29.8 Å². The maximum Gasteiger partial charge on any atom is 0.250 e. The molecule has 4 rings (SSSR count). The minimum Gasteiger partial charge on any atom is -0.396 e. The van der Waals surface area contributed by atoms with Crippen molar-refractivity contribution in [2.45, 2.75) is 31.4 Å². The molecule has 0 spiro atoms. The number of rotatable bonds is 7.